The maximum absolute atomic E-state index is 12.3. The summed E-state index contributed by atoms with van der Waals surface area (Å²) in [7, 11) is 0. The smallest absolute Gasteiger partial charge is 0.245 e. The van der Waals surface area contributed by atoms with Crippen LogP contribution in [0.15, 0.2) is 0 Å². The van der Waals surface area contributed by atoms with E-state index in [0.29, 0.717) is 13.2 Å². The Morgan fingerprint density at radius 2 is 2.11 bits per heavy atom. The van der Waals surface area contributed by atoms with E-state index in [1.807, 2.05) is 13.8 Å². The summed E-state index contributed by atoms with van der Waals surface area (Å²) in [6, 6.07) is -0.209. The van der Waals surface area contributed by atoms with Gasteiger partial charge in [0.2, 0.25) is 11.8 Å². The Morgan fingerprint density at radius 3 is 2.83 bits per heavy atom. The van der Waals surface area contributed by atoms with Crippen molar-refractivity contribution < 1.29 is 14.3 Å². The number of carbonyl (C=O) groups excluding carboxylic acids is 2. The van der Waals surface area contributed by atoms with Crippen LogP contribution < -0.4 is 0 Å². The average molecular weight is 254 g/mol. The average Bonchev–Trinajstić information content (AvgIpc) is 2.35. The first kappa shape index (κ1) is 13.3. The molecule has 0 radical (unpaired) electrons. The maximum atomic E-state index is 12.3. The lowest BCUT2D eigenvalue weighted by molar-refractivity contribution is -0.158. The SMILES string of the molecule is CC(C)OCCN1CC(=O)N2CCCCC2C1=O. The molecule has 0 aromatic heterocycles. The summed E-state index contributed by atoms with van der Waals surface area (Å²) >= 11 is 0. The van der Waals surface area contributed by atoms with E-state index < -0.39 is 0 Å². The van der Waals surface area contributed by atoms with Crippen LogP contribution in [0.5, 0.6) is 0 Å². The highest BCUT2D eigenvalue weighted by atomic mass is 16.5. The number of hydrogen-bond acceptors (Lipinski definition) is 3. The van der Waals surface area contributed by atoms with E-state index in [2.05, 4.69) is 0 Å². The van der Waals surface area contributed by atoms with Crippen molar-refractivity contribution >= 4 is 11.8 Å². The molecule has 2 fully saturated rings. The van der Waals surface area contributed by atoms with E-state index >= 15 is 0 Å². The zero-order chi connectivity index (χ0) is 13.1. The van der Waals surface area contributed by atoms with Gasteiger partial charge in [0.1, 0.15) is 6.04 Å². The fourth-order valence-corrected chi connectivity index (χ4v) is 2.62. The highest BCUT2D eigenvalue weighted by Gasteiger charge is 2.39. The van der Waals surface area contributed by atoms with E-state index in [0.717, 1.165) is 25.8 Å². The van der Waals surface area contributed by atoms with Crippen molar-refractivity contribution in [3.8, 4) is 0 Å². The first-order chi connectivity index (χ1) is 8.59. The highest BCUT2D eigenvalue weighted by molar-refractivity contribution is 5.95. The molecule has 0 aromatic carbocycles. The molecule has 0 aliphatic carbocycles. The van der Waals surface area contributed by atoms with Crippen molar-refractivity contribution in [1.82, 2.24) is 9.80 Å². The number of fused-ring (bicyclic) bond motifs is 1. The van der Waals surface area contributed by atoms with Crippen molar-refractivity contribution in [2.45, 2.75) is 45.3 Å². The van der Waals surface area contributed by atoms with Gasteiger partial charge in [0.15, 0.2) is 0 Å². The van der Waals surface area contributed by atoms with Gasteiger partial charge >= 0.3 is 0 Å². The van der Waals surface area contributed by atoms with Gasteiger partial charge in [-0.1, -0.05) is 0 Å². The Kier molecular flexibility index (Phi) is 4.22. The Morgan fingerprint density at radius 1 is 1.33 bits per heavy atom. The molecule has 1 unspecified atom stereocenters. The Hall–Kier alpha value is -1.10. The fraction of sp³-hybridized carbons (Fsp3) is 0.846. The van der Waals surface area contributed by atoms with Crippen LogP contribution in [0.4, 0.5) is 0 Å². The second-order valence-corrected chi connectivity index (χ2v) is 5.28. The number of piperidine rings is 1. The van der Waals surface area contributed by atoms with Crippen LogP contribution in [0.1, 0.15) is 33.1 Å². The molecule has 2 rings (SSSR count). The maximum Gasteiger partial charge on any atom is 0.245 e. The summed E-state index contributed by atoms with van der Waals surface area (Å²) < 4.78 is 5.45. The third kappa shape index (κ3) is 2.83. The predicted octanol–water partition coefficient (Wildman–Crippen LogP) is 0.635. The van der Waals surface area contributed by atoms with Crippen LogP contribution in [-0.2, 0) is 14.3 Å². The fourth-order valence-electron chi connectivity index (χ4n) is 2.62. The summed E-state index contributed by atoms with van der Waals surface area (Å²) in [6.45, 7) is 5.91. The third-order valence-electron chi connectivity index (χ3n) is 3.56. The molecule has 5 nitrogen and oxygen atoms in total. The van der Waals surface area contributed by atoms with Crippen LogP contribution in [0.3, 0.4) is 0 Å². The van der Waals surface area contributed by atoms with Gasteiger partial charge in [-0.15, -0.1) is 0 Å². The summed E-state index contributed by atoms with van der Waals surface area (Å²) in [5, 5.41) is 0. The first-order valence-electron chi connectivity index (χ1n) is 6.79. The van der Waals surface area contributed by atoms with Gasteiger partial charge in [-0.3, -0.25) is 9.59 Å². The second-order valence-electron chi connectivity index (χ2n) is 5.28. The van der Waals surface area contributed by atoms with Crippen molar-refractivity contribution in [1.29, 1.82) is 0 Å². The third-order valence-corrected chi connectivity index (χ3v) is 3.56. The van der Waals surface area contributed by atoms with Gasteiger partial charge in [0.05, 0.1) is 19.3 Å². The van der Waals surface area contributed by atoms with Crippen LogP contribution in [0, 0.1) is 0 Å². The van der Waals surface area contributed by atoms with Gasteiger partial charge in [0.25, 0.3) is 0 Å². The van der Waals surface area contributed by atoms with E-state index in [4.69, 9.17) is 4.74 Å². The van der Waals surface area contributed by atoms with Crippen molar-refractivity contribution in [3.63, 3.8) is 0 Å². The highest BCUT2D eigenvalue weighted by Crippen LogP contribution is 2.22. The zero-order valence-electron chi connectivity index (χ0n) is 11.2. The molecule has 2 amide bonds. The molecule has 2 aliphatic heterocycles. The molecule has 0 bridgehead atoms. The lowest BCUT2D eigenvalue weighted by Gasteiger charge is -2.42. The largest absolute Gasteiger partial charge is 0.377 e. The van der Waals surface area contributed by atoms with Crippen LogP contribution in [-0.4, -0.2) is 60.0 Å². The van der Waals surface area contributed by atoms with E-state index in [1.165, 1.54) is 0 Å². The van der Waals surface area contributed by atoms with Crippen molar-refractivity contribution in [2.75, 3.05) is 26.2 Å². The van der Waals surface area contributed by atoms with Crippen molar-refractivity contribution in [2.24, 2.45) is 0 Å². The molecular formula is C13H22N2O3. The summed E-state index contributed by atoms with van der Waals surface area (Å²) in [5.41, 5.74) is 0. The summed E-state index contributed by atoms with van der Waals surface area (Å²) in [4.78, 5) is 27.6. The van der Waals surface area contributed by atoms with Gasteiger partial charge < -0.3 is 14.5 Å². The number of amides is 2. The van der Waals surface area contributed by atoms with Gasteiger partial charge in [-0.25, -0.2) is 0 Å². The minimum Gasteiger partial charge on any atom is -0.377 e. The number of ether oxygens (including phenoxy) is 1. The number of hydrogen-bond donors (Lipinski definition) is 0. The summed E-state index contributed by atoms with van der Waals surface area (Å²) in [5.74, 6) is 0.186. The molecule has 1 atom stereocenters. The second kappa shape index (κ2) is 5.69. The molecule has 102 valence electrons. The number of nitrogens with zero attached hydrogens (tertiary/aromatic N) is 2. The Labute approximate surface area is 108 Å². The van der Waals surface area contributed by atoms with E-state index in [-0.39, 0.29) is 30.5 Å². The Bertz CT molecular complexity index is 330. The molecule has 0 spiro atoms. The van der Waals surface area contributed by atoms with E-state index in [9.17, 15) is 9.59 Å². The summed E-state index contributed by atoms with van der Waals surface area (Å²) in [6.07, 6.45) is 3.03. The lowest BCUT2D eigenvalue weighted by atomic mass is 9.98. The minimum absolute atomic E-state index is 0.0869. The standard InChI is InChI=1S/C13H22N2O3/c1-10(2)18-8-7-14-9-12(16)15-6-4-3-5-11(15)13(14)17/h10-11H,3-9H2,1-2H3. The lowest BCUT2D eigenvalue weighted by Crippen LogP contribution is -2.61. The molecule has 2 heterocycles. The topological polar surface area (TPSA) is 49.9 Å². The van der Waals surface area contributed by atoms with Gasteiger partial charge in [0, 0.05) is 13.1 Å². The molecule has 0 saturated carbocycles. The number of piperazine rings is 1. The molecule has 2 saturated heterocycles. The first-order valence-corrected chi connectivity index (χ1v) is 6.79. The van der Waals surface area contributed by atoms with Crippen LogP contribution in [0.25, 0.3) is 0 Å². The van der Waals surface area contributed by atoms with Crippen LogP contribution >= 0.6 is 0 Å². The molecule has 0 aromatic rings. The van der Waals surface area contributed by atoms with Crippen LogP contribution in [0.2, 0.25) is 0 Å². The normalized spacial score (nSPS) is 24.7. The van der Waals surface area contributed by atoms with Crippen molar-refractivity contribution in [3.05, 3.63) is 0 Å². The molecule has 0 N–H and O–H groups in total. The molecular weight excluding hydrogens is 232 g/mol. The van der Waals surface area contributed by atoms with Gasteiger partial charge in [-0.05, 0) is 33.1 Å². The molecule has 2 aliphatic rings. The minimum atomic E-state index is -0.209. The zero-order valence-corrected chi connectivity index (χ0v) is 11.2. The Balaban J connectivity index is 1.92. The van der Waals surface area contributed by atoms with Gasteiger partial charge in [-0.2, -0.15) is 0 Å². The van der Waals surface area contributed by atoms with E-state index in [1.54, 1.807) is 9.80 Å². The molecule has 18 heavy (non-hydrogen) atoms. The monoisotopic (exact) mass is 254 g/mol. The predicted molar refractivity (Wildman–Crippen MR) is 67.0 cm³/mol. The number of rotatable bonds is 4. The quantitative estimate of drug-likeness (QED) is 0.739. The number of carbonyl (C=O) groups is 2. The molecule has 5 heteroatoms.